The molecule has 6 nitrogen and oxygen atoms in total. The molecule has 0 saturated heterocycles. The van der Waals surface area contributed by atoms with E-state index in [1.54, 1.807) is 0 Å². The van der Waals surface area contributed by atoms with E-state index in [-0.39, 0.29) is 10.3 Å². The summed E-state index contributed by atoms with van der Waals surface area (Å²) in [6, 6.07) is 5.17. The van der Waals surface area contributed by atoms with Crippen molar-refractivity contribution in [2.45, 2.75) is 67.1 Å². The van der Waals surface area contributed by atoms with Crippen molar-refractivity contribution in [3.8, 4) is 11.8 Å². The number of aryl methyl sites for hydroxylation is 1. The van der Waals surface area contributed by atoms with Crippen molar-refractivity contribution in [1.29, 1.82) is 0 Å². The largest absolute Gasteiger partial charge is 0.534 e. The van der Waals surface area contributed by atoms with Crippen LogP contribution in [-0.2, 0) is 17.8 Å². The number of rotatable bonds is 12. The Bertz CT molecular complexity index is 1330. The first kappa shape index (κ1) is 37.4. The predicted octanol–water partition coefficient (Wildman–Crippen LogP) is 7.61. The van der Waals surface area contributed by atoms with E-state index in [0.717, 1.165) is 36.4 Å². The van der Waals surface area contributed by atoms with Crippen LogP contribution in [0.4, 0.5) is 79.4 Å². The maximum absolute atomic E-state index is 14.1. The van der Waals surface area contributed by atoms with E-state index in [1.165, 1.54) is 0 Å². The molecule has 0 saturated carbocycles. The van der Waals surface area contributed by atoms with Crippen LogP contribution in [0.3, 0.4) is 0 Å². The molecule has 2 aromatic rings. The molecule has 0 aliphatic rings. The van der Waals surface area contributed by atoms with E-state index in [2.05, 4.69) is 9.57 Å². The van der Waals surface area contributed by atoms with Gasteiger partial charge in [-0.1, -0.05) is 24.3 Å². The van der Waals surface area contributed by atoms with Crippen LogP contribution in [-0.4, -0.2) is 68.7 Å². The monoisotopic (exact) mass is 695 g/mol. The number of carbonyl (C=O) groups is 1. The molecule has 1 aromatic heterocycles. The van der Waals surface area contributed by atoms with Gasteiger partial charge in [-0.3, -0.25) is 4.84 Å². The minimum Gasteiger partial charge on any atom is -0.492 e. The van der Waals surface area contributed by atoms with Gasteiger partial charge in [-0.15, -0.1) is 4.73 Å². The third-order valence-corrected chi connectivity index (χ3v) is 5.86. The molecule has 0 aliphatic carbocycles. The number of alkyl halides is 17. The zero-order chi connectivity index (χ0) is 35.2. The standard InChI is InChI=1S/C22H14F17NO5/c23-15(24,8-7-10-1-3-11(4-2-10)9-44-14(43)45-40-12(41)5-6-13(40)42)16(25,26)17(27,28)18(29,30)19(31,32)20(33,34)21(35,36)22(37,38)39/h1-6,41-42H,7-9H2. The highest BCUT2D eigenvalue weighted by Gasteiger charge is 2.95. The first-order chi connectivity index (χ1) is 20.0. The molecular weight excluding hydrogens is 681 g/mol. The number of ether oxygens (including phenoxy) is 1. The fourth-order valence-electron chi connectivity index (χ4n) is 3.20. The van der Waals surface area contributed by atoms with Crippen molar-refractivity contribution >= 4 is 6.16 Å². The molecular formula is C22H14F17NO5. The van der Waals surface area contributed by atoms with Crippen molar-refractivity contribution in [3.63, 3.8) is 0 Å². The highest BCUT2D eigenvalue weighted by atomic mass is 19.4. The number of carbonyl (C=O) groups excluding carboxylic acids is 1. The minimum atomic E-state index is -8.69. The molecule has 0 amide bonds. The van der Waals surface area contributed by atoms with E-state index in [4.69, 9.17) is 0 Å². The Morgan fingerprint density at radius 1 is 0.578 bits per heavy atom. The normalized spacial score (nSPS) is 14.4. The number of aromatic nitrogens is 1. The van der Waals surface area contributed by atoms with Crippen LogP contribution in [0, 0.1) is 0 Å². The highest BCUT2D eigenvalue weighted by molar-refractivity contribution is 5.60. The zero-order valence-corrected chi connectivity index (χ0v) is 21.1. The van der Waals surface area contributed by atoms with Crippen molar-refractivity contribution < 1.29 is 99.2 Å². The van der Waals surface area contributed by atoms with Crippen molar-refractivity contribution in [2.75, 3.05) is 0 Å². The lowest BCUT2D eigenvalue weighted by atomic mass is 9.87. The fraction of sp³-hybridized carbons (Fsp3) is 0.500. The Balaban J connectivity index is 2.18. The molecule has 0 radical (unpaired) electrons. The Hall–Kier alpha value is -3.82. The molecule has 45 heavy (non-hydrogen) atoms. The van der Waals surface area contributed by atoms with Crippen LogP contribution in [0.15, 0.2) is 36.4 Å². The topological polar surface area (TPSA) is 80.9 Å². The van der Waals surface area contributed by atoms with Gasteiger partial charge in [0.25, 0.3) is 0 Å². The minimum absolute atomic E-state index is 0.0290. The summed E-state index contributed by atoms with van der Waals surface area (Å²) >= 11 is 0. The van der Waals surface area contributed by atoms with Crippen LogP contribution < -0.4 is 4.84 Å². The zero-order valence-electron chi connectivity index (χ0n) is 21.1. The molecule has 0 spiro atoms. The molecule has 1 aromatic carbocycles. The Kier molecular flexibility index (Phi) is 9.56. The molecule has 2 rings (SSSR count). The van der Waals surface area contributed by atoms with Gasteiger partial charge < -0.3 is 14.9 Å². The quantitative estimate of drug-likeness (QED) is 0.177. The number of nitrogens with zero attached hydrogens (tertiary/aromatic N) is 1. The first-order valence-electron chi connectivity index (χ1n) is 11.2. The van der Waals surface area contributed by atoms with E-state index >= 15 is 0 Å². The molecule has 1 heterocycles. The molecule has 0 bridgehead atoms. The van der Waals surface area contributed by atoms with Crippen LogP contribution in [0.1, 0.15) is 17.5 Å². The fourth-order valence-corrected chi connectivity index (χ4v) is 3.20. The summed E-state index contributed by atoms with van der Waals surface area (Å²) in [6.45, 7) is -0.691. The number of hydrogen-bond acceptors (Lipinski definition) is 5. The summed E-state index contributed by atoms with van der Waals surface area (Å²) in [5.74, 6) is -58.2. The third kappa shape index (κ3) is 6.20. The van der Waals surface area contributed by atoms with Gasteiger partial charge in [0.2, 0.25) is 11.8 Å². The van der Waals surface area contributed by atoms with E-state index in [1.807, 2.05) is 0 Å². The predicted molar refractivity (Wildman–Crippen MR) is 110 cm³/mol. The van der Waals surface area contributed by atoms with Crippen molar-refractivity contribution in [3.05, 3.63) is 47.5 Å². The summed E-state index contributed by atoms with van der Waals surface area (Å²) in [6.07, 6.45) is -13.5. The van der Waals surface area contributed by atoms with Gasteiger partial charge >= 0.3 is 53.8 Å². The molecule has 23 heteroatoms. The van der Waals surface area contributed by atoms with Gasteiger partial charge in [0, 0.05) is 18.6 Å². The molecule has 0 fully saturated rings. The van der Waals surface area contributed by atoms with Gasteiger partial charge in [-0.2, -0.15) is 74.6 Å². The molecule has 256 valence electrons. The van der Waals surface area contributed by atoms with Crippen LogP contribution in [0.5, 0.6) is 11.8 Å². The second kappa shape index (κ2) is 11.5. The second-order valence-electron chi connectivity index (χ2n) is 8.94. The number of hydrogen-bond donors (Lipinski definition) is 2. The van der Waals surface area contributed by atoms with Crippen LogP contribution in [0.2, 0.25) is 0 Å². The van der Waals surface area contributed by atoms with Gasteiger partial charge in [-0.25, -0.2) is 4.79 Å². The Morgan fingerprint density at radius 3 is 1.38 bits per heavy atom. The first-order valence-corrected chi connectivity index (χ1v) is 11.2. The highest BCUT2D eigenvalue weighted by Crippen LogP contribution is 2.64. The van der Waals surface area contributed by atoms with E-state index in [0.29, 0.717) is 0 Å². The third-order valence-electron chi connectivity index (χ3n) is 5.86. The second-order valence-corrected chi connectivity index (χ2v) is 8.94. The smallest absolute Gasteiger partial charge is 0.492 e. The van der Waals surface area contributed by atoms with E-state index < -0.39 is 90.6 Å². The number of aromatic hydroxyl groups is 2. The SMILES string of the molecule is O=C(OCc1ccc(CCC(F)(F)C(F)(F)C(F)(F)C(F)(F)C(F)(F)C(F)(F)C(F)(F)C(F)(F)F)cc1)On1c(O)ccc1O. The summed E-state index contributed by atoms with van der Waals surface area (Å²) in [7, 11) is 0. The maximum Gasteiger partial charge on any atom is 0.534 e. The molecule has 0 aliphatic heterocycles. The molecule has 0 unspecified atom stereocenters. The van der Waals surface area contributed by atoms with Gasteiger partial charge in [0.05, 0.1) is 0 Å². The lowest BCUT2D eigenvalue weighted by Gasteiger charge is -2.42. The van der Waals surface area contributed by atoms with E-state index in [9.17, 15) is 89.6 Å². The molecule has 0 atom stereocenters. The van der Waals surface area contributed by atoms with Crippen molar-refractivity contribution in [1.82, 2.24) is 4.73 Å². The van der Waals surface area contributed by atoms with Gasteiger partial charge in [0.15, 0.2) is 0 Å². The van der Waals surface area contributed by atoms with Gasteiger partial charge in [0.1, 0.15) is 6.61 Å². The molecule has 2 N–H and O–H groups in total. The Morgan fingerprint density at radius 2 is 0.956 bits per heavy atom. The average Bonchev–Trinajstić information content (AvgIpc) is 3.22. The summed E-state index contributed by atoms with van der Waals surface area (Å²) in [5, 5.41) is 18.6. The summed E-state index contributed by atoms with van der Waals surface area (Å²) in [4.78, 5) is 16.0. The van der Waals surface area contributed by atoms with Crippen LogP contribution in [0.25, 0.3) is 0 Å². The van der Waals surface area contributed by atoms with Crippen LogP contribution >= 0.6 is 0 Å². The summed E-state index contributed by atoms with van der Waals surface area (Å²) in [5.41, 5.74) is -0.533. The lowest BCUT2D eigenvalue weighted by Crippen LogP contribution is -2.74. The Labute approximate surface area is 237 Å². The number of halogens is 17. The van der Waals surface area contributed by atoms with Gasteiger partial charge in [-0.05, 0) is 17.5 Å². The summed E-state index contributed by atoms with van der Waals surface area (Å²) < 4.78 is 232. The average molecular weight is 695 g/mol. The lowest BCUT2D eigenvalue weighted by molar-refractivity contribution is -0.461. The van der Waals surface area contributed by atoms with Crippen molar-refractivity contribution in [2.24, 2.45) is 0 Å². The number of benzene rings is 1. The maximum atomic E-state index is 14.1.